The lowest BCUT2D eigenvalue weighted by atomic mass is 9.94. The molecule has 0 saturated carbocycles. The van der Waals surface area contributed by atoms with Crippen LogP contribution in [0.25, 0.3) is 21.0 Å². The Balaban J connectivity index is 1.25. The van der Waals surface area contributed by atoms with E-state index in [4.69, 9.17) is 4.98 Å². The van der Waals surface area contributed by atoms with Crippen molar-refractivity contribution in [1.29, 1.82) is 0 Å². The third-order valence-corrected chi connectivity index (χ3v) is 9.17. The van der Waals surface area contributed by atoms with E-state index in [1.165, 1.54) is 28.0 Å². The maximum Gasteiger partial charge on any atom is 0.265 e. The van der Waals surface area contributed by atoms with Gasteiger partial charge in [-0.15, -0.1) is 11.3 Å². The Morgan fingerprint density at radius 1 is 0.923 bits per heavy atom. The molecule has 0 saturated heterocycles. The molecule has 6 nitrogen and oxygen atoms in total. The van der Waals surface area contributed by atoms with Gasteiger partial charge >= 0.3 is 0 Å². The molecule has 0 spiro atoms. The number of aromatic nitrogens is 1. The van der Waals surface area contributed by atoms with E-state index in [1.54, 1.807) is 18.2 Å². The fraction of sp³-hybridized carbons (Fsp3) is 0.161. The lowest BCUT2D eigenvalue weighted by molar-refractivity contribution is -0.115. The monoisotopic (exact) mass is 551 g/mol. The molecule has 0 unspecified atom stereocenters. The summed E-state index contributed by atoms with van der Waals surface area (Å²) in [6.07, 6.45) is 0. The molecule has 1 aliphatic heterocycles. The van der Waals surface area contributed by atoms with E-state index in [0.29, 0.717) is 22.2 Å². The van der Waals surface area contributed by atoms with Crippen molar-refractivity contribution in [3.05, 3.63) is 94.5 Å². The summed E-state index contributed by atoms with van der Waals surface area (Å²) in [5.74, 6) is -0.767. The van der Waals surface area contributed by atoms with E-state index >= 15 is 0 Å². The lowest BCUT2D eigenvalue weighted by Gasteiger charge is -2.27. The van der Waals surface area contributed by atoms with Crippen molar-refractivity contribution in [3.63, 3.8) is 0 Å². The van der Waals surface area contributed by atoms with E-state index in [2.05, 4.69) is 17.4 Å². The number of nitrogens with zero attached hydrogens (tertiary/aromatic N) is 2. The molecule has 4 aromatic carbocycles. The predicted octanol–water partition coefficient (Wildman–Crippen LogP) is 7.29. The maximum absolute atomic E-state index is 13.4. The van der Waals surface area contributed by atoms with Gasteiger partial charge in [0.05, 0.1) is 21.2 Å². The second-order valence-corrected chi connectivity index (χ2v) is 12.4. The third-order valence-electron chi connectivity index (χ3n) is 6.95. The van der Waals surface area contributed by atoms with Crippen LogP contribution in [0.3, 0.4) is 0 Å². The number of nitrogens with one attached hydrogen (secondary N) is 1. The molecule has 8 heteroatoms. The number of hydrogen-bond acceptors (Lipinski definition) is 6. The fourth-order valence-electron chi connectivity index (χ4n) is 5.15. The Morgan fingerprint density at radius 2 is 1.56 bits per heavy atom. The van der Waals surface area contributed by atoms with Crippen LogP contribution in [-0.4, -0.2) is 28.0 Å². The zero-order valence-corrected chi connectivity index (χ0v) is 23.5. The van der Waals surface area contributed by atoms with E-state index in [0.717, 1.165) is 42.3 Å². The van der Waals surface area contributed by atoms with Gasteiger partial charge in [-0.05, 0) is 74.5 Å². The Morgan fingerprint density at radius 3 is 2.21 bits per heavy atom. The number of carbonyl (C=O) groups is 3. The average molecular weight is 552 g/mol. The number of imide groups is 1. The van der Waals surface area contributed by atoms with Crippen LogP contribution in [0.5, 0.6) is 0 Å². The van der Waals surface area contributed by atoms with Gasteiger partial charge in [0.15, 0.2) is 4.34 Å². The summed E-state index contributed by atoms with van der Waals surface area (Å²) in [6.45, 7) is 7.89. The van der Waals surface area contributed by atoms with E-state index in [9.17, 15) is 14.4 Å². The number of carbonyl (C=O) groups excluding carboxylic acids is 3. The number of thioether (sulfide) groups is 1. The van der Waals surface area contributed by atoms with E-state index in [1.807, 2.05) is 64.1 Å². The Bertz CT molecular complexity index is 1770. The van der Waals surface area contributed by atoms with Crippen molar-refractivity contribution >= 4 is 73.2 Å². The Hall–Kier alpha value is -4.01. The van der Waals surface area contributed by atoms with Gasteiger partial charge in [-0.3, -0.25) is 14.4 Å². The first-order valence-corrected chi connectivity index (χ1v) is 14.3. The molecule has 3 amide bonds. The van der Waals surface area contributed by atoms with Crippen LogP contribution in [0, 0.1) is 20.8 Å². The number of amides is 3. The van der Waals surface area contributed by atoms with E-state index in [-0.39, 0.29) is 23.0 Å². The minimum Gasteiger partial charge on any atom is -0.325 e. The van der Waals surface area contributed by atoms with Gasteiger partial charge < -0.3 is 5.32 Å². The molecule has 39 heavy (non-hydrogen) atoms. The lowest BCUT2D eigenvalue weighted by Crippen LogP contribution is -2.40. The molecule has 2 heterocycles. The van der Waals surface area contributed by atoms with Crippen LogP contribution in [0.15, 0.2) is 71.1 Å². The summed E-state index contributed by atoms with van der Waals surface area (Å²) >= 11 is 2.83. The topological polar surface area (TPSA) is 79.4 Å². The highest BCUT2D eigenvalue weighted by molar-refractivity contribution is 8.02. The summed E-state index contributed by atoms with van der Waals surface area (Å²) in [4.78, 5) is 45.8. The minimum atomic E-state index is -0.368. The van der Waals surface area contributed by atoms with Gasteiger partial charge in [0.2, 0.25) is 5.91 Å². The van der Waals surface area contributed by atoms with Crippen molar-refractivity contribution in [1.82, 2.24) is 4.98 Å². The molecule has 0 fully saturated rings. The summed E-state index contributed by atoms with van der Waals surface area (Å²) in [5, 5.41) is 4.28. The fourth-order valence-corrected chi connectivity index (χ4v) is 7.40. The Labute approximate surface area is 234 Å². The first-order valence-electron chi connectivity index (χ1n) is 12.6. The SMILES string of the molecule is Cc1cc(C)c(NC(=O)[C@H](C)Sc2nc3ccc(N4C(=O)c5cccc6cccc(c56)C4=O)cc3s2)c(C)c1. The summed E-state index contributed by atoms with van der Waals surface area (Å²) in [5.41, 5.74) is 6.36. The first-order chi connectivity index (χ1) is 18.7. The molecule has 6 rings (SSSR count). The number of benzene rings is 4. The van der Waals surface area contributed by atoms with Crippen LogP contribution in [0.4, 0.5) is 11.4 Å². The highest BCUT2D eigenvalue weighted by atomic mass is 32.2. The van der Waals surface area contributed by atoms with Crippen LogP contribution >= 0.6 is 23.1 Å². The van der Waals surface area contributed by atoms with Crippen LogP contribution < -0.4 is 10.2 Å². The molecule has 1 N–H and O–H groups in total. The molecule has 5 aromatic rings. The standard InChI is InChI=1S/C31H25N3O3S2/c1-16-13-17(2)27(18(3)14-16)33-28(35)19(4)38-31-32-24-12-11-21(15-25(24)39-31)34-29(36)22-9-5-7-20-8-6-10-23(26(20)22)30(34)37/h5-15,19H,1-4H3,(H,33,35)/t19-/m0/s1. The summed E-state index contributed by atoms with van der Waals surface area (Å²) < 4.78 is 1.58. The van der Waals surface area contributed by atoms with Gasteiger partial charge in [0, 0.05) is 22.2 Å². The van der Waals surface area contributed by atoms with Crippen molar-refractivity contribution in [2.75, 3.05) is 10.2 Å². The van der Waals surface area contributed by atoms with Crippen molar-refractivity contribution in [2.24, 2.45) is 0 Å². The van der Waals surface area contributed by atoms with Crippen LogP contribution in [-0.2, 0) is 4.79 Å². The quantitative estimate of drug-likeness (QED) is 0.183. The second-order valence-electron chi connectivity index (χ2n) is 9.81. The zero-order chi connectivity index (χ0) is 27.4. The molecule has 194 valence electrons. The minimum absolute atomic E-state index is 0.0904. The van der Waals surface area contributed by atoms with Gasteiger partial charge in [0.1, 0.15) is 0 Å². The molecular formula is C31H25N3O3S2. The molecular weight excluding hydrogens is 526 g/mol. The number of rotatable bonds is 5. The molecule has 1 aliphatic rings. The third kappa shape index (κ3) is 4.39. The molecule has 0 radical (unpaired) electrons. The largest absolute Gasteiger partial charge is 0.325 e. The Kier molecular flexibility index (Phi) is 6.24. The predicted molar refractivity (Wildman–Crippen MR) is 159 cm³/mol. The molecule has 1 atom stereocenters. The molecule has 0 bridgehead atoms. The van der Waals surface area contributed by atoms with Gasteiger partial charge in [0.25, 0.3) is 11.8 Å². The number of fused-ring (bicyclic) bond motifs is 1. The molecule has 0 aliphatic carbocycles. The zero-order valence-electron chi connectivity index (χ0n) is 21.9. The number of thiazole rings is 1. The maximum atomic E-state index is 13.4. The van der Waals surface area contributed by atoms with E-state index < -0.39 is 0 Å². The summed E-state index contributed by atoms with van der Waals surface area (Å²) in [7, 11) is 0. The normalized spacial score (nSPS) is 13.8. The van der Waals surface area contributed by atoms with Crippen LogP contribution in [0.1, 0.15) is 44.3 Å². The highest BCUT2D eigenvalue weighted by Crippen LogP contribution is 2.37. The number of aryl methyl sites for hydroxylation is 3. The first kappa shape index (κ1) is 25.3. The summed E-state index contributed by atoms with van der Waals surface area (Å²) in [6, 6.07) is 20.5. The van der Waals surface area contributed by atoms with Crippen molar-refractivity contribution < 1.29 is 14.4 Å². The highest BCUT2D eigenvalue weighted by Gasteiger charge is 2.34. The van der Waals surface area contributed by atoms with Gasteiger partial charge in [-0.25, -0.2) is 9.88 Å². The van der Waals surface area contributed by atoms with Gasteiger partial charge in [-0.1, -0.05) is 53.7 Å². The number of anilines is 2. The van der Waals surface area contributed by atoms with Gasteiger partial charge in [-0.2, -0.15) is 0 Å². The smallest absolute Gasteiger partial charge is 0.265 e. The second kappa shape index (κ2) is 9.63. The van der Waals surface area contributed by atoms with Crippen molar-refractivity contribution in [3.8, 4) is 0 Å². The average Bonchev–Trinajstić information content (AvgIpc) is 3.30. The molecule has 1 aromatic heterocycles. The van der Waals surface area contributed by atoms with Crippen molar-refractivity contribution in [2.45, 2.75) is 37.3 Å². The number of hydrogen-bond donors (Lipinski definition) is 1. The van der Waals surface area contributed by atoms with Crippen LogP contribution in [0.2, 0.25) is 0 Å².